The van der Waals surface area contributed by atoms with E-state index < -0.39 is 12.1 Å². The van der Waals surface area contributed by atoms with Gasteiger partial charge in [0.2, 0.25) is 0 Å². The Morgan fingerprint density at radius 2 is 1.62 bits per heavy atom. The standard InChI is InChI=1S/C26H22N2O4/c27-24-14-7-13-22(25(29)30)21(24)12-5-6-15-28-26(31)32-16-23-19-10-3-1-8-17(19)18-9-2-4-11-20(18)23/h1-4,7-11,13-14,23H,6,15-16,27H2,(H,28,31)(H,29,30). The predicted molar refractivity (Wildman–Crippen MR) is 122 cm³/mol. The zero-order valence-electron chi connectivity index (χ0n) is 17.3. The number of carbonyl (C=O) groups excluding carboxylic acids is 1. The smallest absolute Gasteiger partial charge is 0.407 e. The van der Waals surface area contributed by atoms with Crippen LogP contribution in [-0.4, -0.2) is 30.3 Å². The Morgan fingerprint density at radius 3 is 2.28 bits per heavy atom. The molecule has 32 heavy (non-hydrogen) atoms. The lowest BCUT2D eigenvalue weighted by Crippen LogP contribution is -2.26. The minimum atomic E-state index is -1.08. The molecule has 0 radical (unpaired) electrons. The highest BCUT2D eigenvalue weighted by Crippen LogP contribution is 2.44. The van der Waals surface area contributed by atoms with Crippen molar-refractivity contribution < 1.29 is 19.4 Å². The van der Waals surface area contributed by atoms with E-state index in [1.807, 2.05) is 24.3 Å². The van der Waals surface area contributed by atoms with Crippen LogP contribution in [-0.2, 0) is 4.74 Å². The van der Waals surface area contributed by atoms with Crippen molar-refractivity contribution >= 4 is 17.7 Å². The first-order valence-corrected chi connectivity index (χ1v) is 10.3. The summed E-state index contributed by atoms with van der Waals surface area (Å²) >= 11 is 0. The normalized spacial score (nSPS) is 11.6. The van der Waals surface area contributed by atoms with Gasteiger partial charge >= 0.3 is 12.1 Å². The molecule has 0 bridgehead atoms. The molecule has 3 aromatic rings. The van der Waals surface area contributed by atoms with Gasteiger partial charge in [-0.15, -0.1) is 0 Å². The van der Waals surface area contributed by atoms with Crippen LogP contribution >= 0.6 is 0 Å². The van der Waals surface area contributed by atoms with Crippen LogP contribution in [0.15, 0.2) is 66.7 Å². The monoisotopic (exact) mass is 426 g/mol. The van der Waals surface area contributed by atoms with Crippen LogP contribution < -0.4 is 11.1 Å². The summed E-state index contributed by atoms with van der Waals surface area (Å²) < 4.78 is 5.48. The third-order valence-corrected chi connectivity index (χ3v) is 5.40. The van der Waals surface area contributed by atoms with Crippen LogP contribution in [0.1, 0.15) is 39.4 Å². The molecule has 6 nitrogen and oxygen atoms in total. The van der Waals surface area contributed by atoms with E-state index in [1.54, 1.807) is 12.1 Å². The second kappa shape index (κ2) is 9.27. The highest BCUT2D eigenvalue weighted by atomic mass is 16.5. The number of benzene rings is 3. The number of nitrogen functional groups attached to an aromatic ring is 1. The third kappa shape index (κ3) is 4.28. The van der Waals surface area contributed by atoms with E-state index in [1.165, 1.54) is 17.2 Å². The van der Waals surface area contributed by atoms with E-state index in [-0.39, 0.29) is 30.2 Å². The number of aromatic carboxylic acids is 1. The Labute approximate surface area is 186 Å². The first-order valence-electron chi connectivity index (χ1n) is 10.3. The van der Waals surface area contributed by atoms with Gasteiger partial charge in [0.05, 0.1) is 11.1 Å². The summed E-state index contributed by atoms with van der Waals surface area (Å²) in [6.07, 6.45) is -0.184. The van der Waals surface area contributed by atoms with Gasteiger partial charge in [0.15, 0.2) is 0 Å². The highest BCUT2D eigenvalue weighted by molar-refractivity contribution is 5.92. The molecule has 0 aliphatic heterocycles. The fourth-order valence-electron chi connectivity index (χ4n) is 3.92. The first kappa shape index (κ1) is 21.0. The number of hydrogen-bond acceptors (Lipinski definition) is 4. The summed E-state index contributed by atoms with van der Waals surface area (Å²) in [5.74, 6) is 4.56. The molecule has 0 spiro atoms. The van der Waals surface area contributed by atoms with Crippen molar-refractivity contribution in [3.05, 3.63) is 89.0 Å². The summed E-state index contributed by atoms with van der Waals surface area (Å²) in [4.78, 5) is 23.5. The molecule has 0 heterocycles. The molecule has 4 rings (SSSR count). The van der Waals surface area contributed by atoms with Crippen molar-refractivity contribution in [2.75, 3.05) is 18.9 Å². The van der Waals surface area contributed by atoms with Crippen LogP contribution in [0.3, 0.4) is 0 Å². The molecule has 1 aliphatic rings. The van der Waals surface area contributed by atoms with Gasteiger partial charge in [-0.05, 0) is 34.4 Å². The highest BCUT2D eigenvalue weighted by Gasteiger charge is 2.28. The zero-order valence-corrected chi connectivity index (χ0v) is 17.3. The number of fused-ring (bicyclic) bond motifs is 3. The summed E-state index contributed by atoms with van der Waals surface area (Å²) in [6.45, 7) is 0.521. The second-order valence-electron chi connectivity index (χ2n) is 7.38. The summed E-state index contributed by atoms with van der Waals surface area (Å²) in [5.41, 5.74) is 11.1. The molecular weight excluding hydrogens is 404 g/mol. The van der Waals surface area contributed by atoms with E-state index in [9.17, 15) is 14.7 Å². The minimum Gasteiger partial charge on any atom is -0.478 e. The Hall–Kier alpha value is -4.24. The van der Waals surface area contributed by atoms with Gasteiger partial charge in [-0.1, -0.05) is 66.4 Å². The summed E-state index contributed by atoms with van der Waals surface area (Å²) in [7, 11) is 0. The van der Waals surface area contributed by atoms with Gasteiger partial charge in [0.1, 0.15) is 6.61 Å². The SMILES string of the molecule is Nc1cccc(C(=O)O)c1C#CCCNC(=O)OCC1c2ccccc2-c2ccccc21. The van der Waals surface area contributed by atoms with Crippen LogP contribution in [0.5, 0.6) is 0 Å². The Balaban J connectivity index is 1.32. The van der Waals surface area contributed by atoms with E-state index in [2.05, 4.69) is 41.4 Å². The molecule has 6 heteroatoms. The van der Waals surface area contributed by atoms with Crippen molar-refractivity contribution in [2.45, 2.75) is 12.3 Å². The predicted octanol–water partition coefficient (Wildman–Crippen LogP) is 4.25. The second-order valence-corrected chi connectivity index (χ2v) is 7.38. The number of alkyl carbamates (subject to hydrolysis) is 1. The molecular formula is C26H22N2O4. The summed E-state index contributed by atoms with van der Waals surface area (Å²) in [6, 6.07) is 20.9. The lowest BCUT2D eigenvalue weighted by atomic mass is 9.98. The fraction of sp³-hybridized carbons (Fsp3) is 0.154. The number of rotatable bonds is 5. The molecule has 1 aliphatic carbocycles. The molecule has 0 saturated carbocycles. The van der Waals surface area contributed by atoms with Crippen molar-refractivity contribution in [2.24, 2.45) is 0 Å². The van der Waals surface area contributed by atoms with Crippen LogP contribution in [0, 0.1) is 11.8 Å². The minimum absolute atomic E-state index is 0.00318. The molecule has 0 unspecified atom stereocenters. The number of carboxylic acid groups (broad SMARTS) is 1. The molecule has 160 valence electrons. The summed E-state index contributed by atoms with van der Waals surface area (Å²) in [5, 5.41) is 11.9. The maximum absolute atomic E-state index is 12.2. The van der Waals surface area contributed by atoms with E-state index >= 15 is 0 Å². The van der Waals surface area contributed by atoms with Crippen molar-refractivity contribution in [1.82, 2.24) is 5.32 Å². The number of carboxylic acids is 1. The number of carbonyl (C=O) groups is 2. The lowest BCUT2D eigenvalue weighted by Gasteiger charge is -2.14. The number of nitrogens with one attached hydrogen (secondary N) is 1. The van der Waals surface area contributed by atoms with Gasteiger partial charge in [-0.25, -0.2) is 9.59 Å². The molecule has 4 N–H and O–H groups in total. The number of anilines is 1. The average Bonchev–Trinajstić information content (AvgIpc) is 3.12. The quantitative estimate of drug-likeness (QED) is 0.322. The van der Waals surface area contributed by atoms with Crippen molar-refractivity contribution in [3.63, 3.8) is 0 Å². The third-order valence-electron chi connectivity index (χ3n) is 5.40. The van der Waals surface area contributed by atoms with Gasteiger partial charge in [0.25, 0.3) is 0 Å². The molecule has 0 saturated heterocycles. The maximum atomic E-state index is 12.2. The Morgan fingerprint density at radius 1 is 0.969 bits per heavy atom. The molecule has 1 amide bonds. The van der Waals surface area contributed by atoms with Gasteiger partial charge in [0, 0.05) is 24.6 Å². The number of amides is 1. The molecule has 3 aromatic carbocycles. The van der Waals surface area contributed by atoms with Crippen LogP contribution in [0.25, 0.3) is 11.1 Å². The van der Waals surface area contributed by atoms with Crippen molar-refractivity contribution in [3.8, 4) is 23.0 Å². The number of ether oxygens (including phenoxy) is 1. The maximum Gasteiger partial charge on any atom is 0.407 e. The number of hydrogen-bond donors (Lipinski definition) is 3. The largest absolute Gasteiger partial charge is 0.478 e. The first-order chi connectivity index (χ1) is 15.6. The van der Waals surface area contributed by atoms with Crippen LogP contribution in [0.4, 0.5) is 10.5 Å². The van der Waals surface area contributed by atoms with E-state index in [4.69, 9.17) is 10.5 Å². The van der Waals surface area contributed by atoms with Gasteiger partial charge < -0.3 is 20.9 Å². The van der Waals surface area contributed by atoms with E-state index in [0.29, 0.717) is 12.1 Å². The Bertz CT molecular complexity index is 1190. The van der Waals surface area contributed by atoms with Crippen molar-refractivity contribution in [1.29, 1.82) is 0 Å². The van der Waals surface area contributed by atoms with Gasteiger partial charge in [-0.3, -0.25) is 0 Å². The zero-order chi connectivity index (χ0) is 22.5. The van der Waals surface area contributed by atoms with Gasteiger partial charge in [-0.2, -0.15) is 0 Å². The molecule has 0 aromatic heterocycles. The van der Waals surface area contributed by atoms with Crippen LogP contribution in [0.2, 0.25) is 0 Å². The molecule has 0 fully saturated rings. The topological polar surface area (TPSA) is 102 Å². The Kier molecular flexibility index (Phi) is 6.09. The lowest BCUT2D eigenvalue weighted by molar-refractivity contribution is 0.0696. The number of nitrogens with two attached hydrogens (primary N) is 1. The average molecular weight is 426 g/mol. The fourth-order valence-corrected chi connectivity index (χ4v) is 3.92. The van der Waals surface area contributed by atoms with E-state index in [0.717, 1.165) is 11.1 Å². The molecule has 0 atom stereocenters.